The highest BCUT2D eigenvalue weighted by atomic mass is 15.2. The lowest BCUT2D eigenvalue weighted by atomic mass is 10.4. The highest BCUT2D eigenvalue weighted by Crippen LogP contribution is 2.12. The topological polar surface area (TPSA) is 41.0 Å². The van der Waals surface area contributed by atoms with E-state index in [1.807, 2.05) is 38.9 Å². The number of hydrogen-bond acceptors (Lipinski definition) is 4. The van der Waals surface area contributed by atoms with Crippen molar-refractivity contribution in [2.75, 3.05) is 30.9 Å². The van der Waals surface area contributed by atoms with Gasteiger partial charge in [-0.25, -0.2) is 9.97 Å². The summed E-state index contributed by atoms with van der Waals surface area (Å²) in [5.41, 5.74) is 0. The zero-order valence-corrected chi connectivity index (χ0v) is 8.63. The van der Waals surface area contributed by atoms with Gasteiger partial charge in [0.05, 0.1) is 0 Å². The maximum absolute atomic E-state index is 4.29. The quantitative estimate of drug-likeness (QED) is 0.760. The van der Waals surface area contributed by atoms with Crippen LogP contribution in [0.5, 0.6) is 0 Å². The van der Waals surface area contributed by atoms with Gasteiger partial charge in [-0.05, 0) is 13.8 Å². The van der Waals surface area contributed by atoms with E-state index in [-0.39, 0.29) is 0 Å². The molecule has 0 unspecified atom stereocenters. The van der Waals surface area contributed by atoms with Crippen molar-refractivity contribution >= 4 is 11.6 Å². The maximum Gasteiger partial charge on any atom is 0.133 e. The molecule has 0 aliphatic rings. The Morgan fingerprint density at radius 2 is 2.08 bits per heavy atom. The Kier molecular flexibility index (Phi) is 3.06. The minimum absolute atomic E-state index is 0.794. The van der Waals surface area contributed by atoms with Crippen molar-refractivity contribution in [3.63, 3.8) is 0 Å². The van der Waals surface area contributed by atoms with Gasteiger partial charge in [-0.2, -0.15) is 0 Å². The largest absolute Gasteiger partial charge is 0.370 e. The molecule has 1 rings (SSSR count). The van der Waals surface area contributed by atoms with Crippen molar-refractivity contribution in [2.24, 2.45) is 0 Å². The molecular weight excluding hydrogens is 164 g/mol. The second kappa shape index (κ2) is 4.07. The molecule has 0 atom stereocenters. The normalized spacial score (nSPS) is 9.85. The lowest BCUT2D eigenvalue weighted by Crippen LogP contribution is -2.13. The van der Waals surface area contributed by atoms with Crippen LogP contribution in [-0.4, -0.2) is 30.6 Å². The van der Waals surface area contributed by atoms with Crippen LogP contribution >= 0.6 is 0 Å². The molecule has 0 saturated heterocycles. The molecule has 0 radical (unpaired) electrons. The van der Waals surface area contributed by atoms with E-state index < -0.39 is 0 Å². The summed E-state index contributed by atoms with van der Waals surface area (Å²) < 4.78 is 0. The Labute approximate surface area is 79.0 Å². The van der Waals surface area contributed by atoms with Gasteiger partial charge in [0, 0.05) is 26.7 Å². The molecule has 0 bridgehead atoms. The molecule has 4 heteroatoms. The van der Waals surface area contributed by atoms with Crippen LogP contribution in [0.1, 0.15) is 12.7 Å². The van der Waals surface area contributed by atoms with Crippen LogP contribution in [0.3, 0.4) is 0 Å². The summed E-state index contributed by atoms with van der Waals surface area (Å²) in [6, 6.07) is 1.94. The van der Waals surface area contributed by atoms with Crippen molar-refractivity contribution in [3.8, 4) is 0 Å². The fourth-order valence-corrected chi connectivity index (χ4v) is 1.05. The first-order valence-electron chi connectivity index (χ1n) is 4.40. The predicted molar refractivity (Wildman–Crippen MR) is 55.3 cm³/mol. The fraction of sp³-hybridized carbons (Fsp3) is 0.556. The van der Waals surface area contributed by atoms with E-state index in [4.69, 9.17) is 0 Å². The van der Waals surface area contributed by atoms with E-state index >= 15 is 0 Å². The summed E-state index contributed by atoms with van der Waals surface area (Å²) in [6.07, 6.45) is 0. The average molecular weight is 180 g/mol. The standard InChI is InChI=1S/C9H16N4/c1-5-10-8-6-9(13(3)4)12-7(2)11-8/h6H,5H2,1-4H3,(H,10,11,12). The summed E-state index contributed by atoms with van der Waals surface area (Å²) in [4.78, 5) is 10.5. The van der Waals surface area contributed by atoms with Gasteiger partial charge in [-0.3, -0.25) is 0 Å². The SMILES string of the molecule is CCNc1cc(N(C)C)nc(C)n1. The molecule has 0 aliphatic carbocycles. The van der Waals surface area contributed by atoms with E-state index in [9.17, 15) is 0 Å². The van der Waals surface area contributed by atoms with Gasteiger partial charge in [-0.15, -0.1) is 0 Å². The van der Waals surface area contributed by atoms with Gasteiger partial charge in [-0.1, -0.05) is 0 Å². The third-order valence-electron chi connectivity index (χ3n) is 1.64. The average Bonchev–Trinajstić information content (AvgIpc) is 2.03. The van der Waals surface area contributed by atoms with Crippen LogP contribution in [0.15, 0.2) is 6.07 Å². The molecule has 72 valence electrons. The number of anilines is 2. The van der Waals surface area contributed by atoms with Gasteiger partial charge in [0.2, 0.25) is 0 Å². The Balaban J connectivity index is 2.96. The molecule has 4 nitrogen and oxygen atoms in total. The number of nitrogens with one attached hydrogen (secondary N) is 1. The summed E-state index contributed by atoms with van der Waals surface area (Å²) in [5.74, 6) is 2.62. The molecule has 1 heterocycles. The molecule has 0 spiro atoms. The van der Waals surface area contributed by atoms with Gasteiger partial charge in [0.1, 0.15) is 17.5 Å². The van der Waals surface area contributed by atoms with Crippen molar-refractivity contribution in [2.45, 2.75) is 13.8 Å². The Hall–Kier alpha value is -1.32. The van der Waals surface area contributed by atoms with Crippen LogP contribution in [0, 0.1) is 6.92 Å². The highest BCUT2D eigenvalue weighted by Gasteiger charge is 2.01. The van der Waals surface area contributed by atoms with Crippen molar-refractivity contribution in [3.05, 3.63) is 11.9 Å². The van der Waals surface area contributed by atoms with E-state index in [1.165, 1.54) is 0 Å². The second-order valence-corrected chi connectivity index (χ2v) is 3.08. The van der Waals surface area contributed by atoms with Gasteiger partial charge < -0.3 is 10.2 Å². The summed E-state index contributed by atoms with van der Waals surface area (Å²) >= 11 is 0. The molecule has 1 aromatic heterocycles. The Bertz CT molecular complexity index is 283. The zero-order valence-electron chi connectivity index (χ0n) is 8.63. The van der Waals surface area contributed by atoms with E-state index in [0.717, 1.165) is 24.0 Å². The summed E-state index contributed by atoms with van der Waals surface area (Å²) in [5, 5.41) is 3.17. The molecular formula is C9H16N4. The van der Waals surface area contributed by atoms with Crippen molar-refractivity contribution in [1.29, 1.82) is 0 Å². The first-order valence-corrected chi connectivity index (χ1v) is 4.40. The molecule has 0 aliphatic heterocycles. The van der Waals surface area contributed by atoms with Gasteiger partial charge in [0.25, 0.3) is 0 Å². The number of aromatic nitrogens is 2. The maximum atomic E-state index is 4.29. The van der Waals surface area contributed by atoms with E-state index in [1.54, 1.807) is 0 Å². The number of nitrogens with zero attached hydrogens (tertiary/aromatic N) is 3. The third-order valence-corrected chi connectivity index (χ3v) is 1.64. The lowest BCUT2D eigenvalue weighted by Gasteiger charge is -2.13. The van der Waals surface area contributed by atoms with Crippen LogP contribution < -0.4 is 10.2 Å². The Morgan fingerprint density at radius 1 is 1.38 bits per heavy atom. The third kappa shape index (κ3) is 2.57. The fourth-order valence-electron chi connectivity index (χ4n) is 1.05. The molecule has 0 aromatic carbocycles. The molecule has 0 saturated carbocycles. The highest BCUT2D eigenvalue weighted by molar-refractivity contribution is 5.48. The molecule has 0 amide bonds. The van der Waals surface area contributed by atoms with Crippen molar-refractivity contribution in [1.82, 2.24) is 9.97 Å². The Morgan fingerprint density at radius 3 is 2.62 bits per heavy atom. The molecule has 1 N–H and O–H groups in total. The molecule has 0 fully saturated rings. The zero-order chi connectivity index (χ0) is 9.84. The van der Waals surface area contributed by atoms with Crippen molar-refractivity contribution < 1.29 is 0 Å². The van der Waals surface area contributed by atoms with Crippen LogP contribution in [-0.2, 0) is 0 Å². The monoisotopic (exact) mass is 180 g/mol. The van der Waals surface area contributed by atoms with E-state index in [2.05, 4.69) is 15.3 Å². The first-order chi connectivity index (χ1) is 6.13. The van der Waals surface area contributed by atoms with Crippen LogP contribution in [0.2, 0.25) is 0 Å². The van der Waals surface area contributed by atoms with Gasteiger partial charge >= 0.3 is 0 Å². The lowest BCUT2D eigenvalue weighted by molar-refractivity contribution is 0.982. The first kappa shape index (κ1) is 9.77. The minimum atomic E-state index is 0.794. The number of hydrogen-bond donors (Lipinski definition) is 1. The smallest absolute Gasteiger partial charge is 0.133 e. The summed E-state index contributed by atoms with van der Waals surface area (Å²) in [6.45, 7) is 4.82. The van der Waals surface area contributed by atoms with E-state index in [0.29, 0.717) is 0 Å². The second-order valence-electron chi connectivity index (χ2n) is 3.08. The predicted octanol–water partition coefficient (Wildman–Crippen LogP) is 1.28. The molecule has 13 heavy (non-hydrogen) atoms. The number of rotatable bonds is 3. The number of aryl methyl sites for hydroxylation is 1. The van der Waals surface area contributed by atoms with Crippen LogP contribution in [0.4, 0.5) is 11.6 Å². The van der Waals surface area contributed by atoms with Gasteiger partial charge in [0.15, 0.2) is 0 Å². The summed E-state index contributed by atoms with van der Waals surface area (Å²) in [7, 11) is 3.94. The minimum Gasteiger partial charge on any atom is -0.370 e. The van der Waals surface area contributed by atoms with Crippen LogP contribution in [0.25, 0.3) is 0 Å². The molecule has 1 aromatic rings.